The summed E-state index contributed by atoms with van der Waals surface area (Å²) in [7, 11) is 1.73. The lowest BCUT2D eigenvalue weighted by molar-refractivity contribution is 0.189. The highest BCUT2D eigenvalue weighted by molar-refractivity contribution is 6.18. The molecule has 0 aromatic carbocycles. The molecule has 0 aromatic rings. The molecule has 0 fully saturated rings. The minimum atomic E-state index is 0.641. The Morgan fingerprint density at radius 3 is 2.67 bits per heavy atom. The van der Waals surface area contributed by atoms with Gasteiger partial charge < -0.3 is 4.74 Å². The smallest absolute Gasteiger partial charge is 0.0462 e. The van der Waals surface area contributed by atoms with Crippen LogP contribution >= 0.6 is 11.6 Å². The summed E-state index contributed by atoms with van der Waals surface area (Å²) in [6, 6.07) is 0. The van der Waals surface area contributed by atoms with Gasteiger partial charge in [0, 0.05) is 19.6 Å². The van der Waals surface area contributed by atoms with E-state index < -0.39 is 0 Å². The van der Waals surface area contributed by atoms with Crippen LogP contribution in [0.15, 0.2) is 0 Å². The Morgan fingerprint density at radius 1 is 1.56 bits per heavy atom. The summed E-state index contributed by atoms with van der Waals surface area (Å²) in [5.74, 6) is 1.41. The minimum Gasteiger partial charge on any atom is -0.385 e. The number of hydrogen-bond donors (Lipinski definition) is 0. The molecule has 1 unspecified atom stereocenters. The van der Waals surface area contributed by atoms with E-state index in [-0.39, 0.29) is 0 Å². The fraction of sp³-hybridized carbons (Fsp3) is 1.00. The monoisotopic (exact) mass is 150 g/mol. The maximum Gasteiger partial charge on any atom is 0.0462 e. The number of rotatable bonds is 5. The average Bonchev–Trinajstić information content (AvgIpc) is 1.89. The van der Waals surface area contributed by atoms with Gasteiger partial charge in [0.15, 0.2) is 0 Å². The molecular formula is C7H15ClO. The molecule has 1 atom stereocenters. The van der Waals surface area contributed by atoms with E-state index in [4.69, 9.17) is 16.3 Å². The highest BCUT2D eigenvalue weighted by Gasteiger charge is 1.97. The maximum absolute atomic E-state index is 5.59. The number of halogens is 1. The van der Waals surface area contributed by atoms with Gasteiger partial charge in [0.25, 0.3) is 0 Å². The first-order valence-corrected chi connectivity index (χ1v) is 3.89. The second kappa shape index (κ2) is 6.37. The fourth-order valence-electron chi connectivity index (χ4n) is 0.653. The molecule has 0 aliphatic heterocycles. The highest BCUT2D eigenvalue weighted by Crippen LogP contribution is 2.06. The molecule has 0 heterocycles. The molecule has 0 N–H and O–H groups in total. The number of ether oxygens (including phenoxy) is 1. The van der Waals surface area contributed by atoms with Crippen LogP contribution in [0.1, 0.15) is 19.8 Å². The number of methoxy groups -OCH3 is 1. The highest BCUT2D eigenvalue weighted by atomic mass is 35.5. The van der Waals surface area contributed by atoms with E-state index >= 15 is 0 Å². The SMILES string of the molecule is COCCCC(C)CCl. The molecule has 9 heavy (non-hydrogen) atoms. The zero-order valence-electron chi connectivity index (χ0n) is 6.19. The van der Waals surface area contributed by atoms with Crippen molar-refractivity contribution in [2.24, 2.45) is 5.92 Å². The van der Waals surface area contributed by atoms with Crippen molar-refractivity contribution < 1.29 is 4.74 Å². The van der Waals surface area contributed by atoms with Gasteiger partial charge in [-0.1, -0.05) is 6.92 Å². The Hall–Kier alpha value is 0.250. The molecule has 0 amide bonds. The van der Waals surface area contributed by atoms with Crippen LogP contribution in [0.5, 0.6) is 0 Å². The zero-order chi connectivity index (χ0) is 7.11. The molecule has 0 saturated carbocycles. The predicted octanol–water partition coefficient (Wildman–Crippen LogP) is 2.29. The topological polar surface area (TPSA) is 9.23 Å². The molecule has 0 spiro atoms. The number of alkyl halides is 1. The first-order chi connectivity index (χ1) is 4.31. The third-order valence-electron chi connectivity index (χ3n) is 1.31. The van der Waals surface area contributed by atoms with Crippen molar-refractivity contribution in [2.75, 3.05) is 19.6 Å². The van der Waals surface area contributed by atoms with Crippen molar-refractivity contribution in [3.63, 3.8) is 0 Å². The molecule has 2 heteroatoms. The summed E-state index contributed by atoms with van der Waals surface area (Å²) in [5.41, 5.74) is 0. The first-order valence-electron chi connectivity index (χ1n) is 3.36. The van der Waals surface area contributed by atoms with E-state index in [0.29, 0.717) is 5.92 Å². The van der Waals surface area contributed by atoms with Crippen LogP contribution in [0.4, 0.5) is 0 Å². The van der Waals surface area contributed by atoms with Crippen molar-refractivity contribution in [2.45, 2.75) is 19.8 Å². The number of hydrogen-bond acceptors (Lipinski definition) is 1. The lowest BCUT2D eigenvalue weighted by Crippen LogP contribution is -1.98. The summed E-state index contributed by atoms with van der Waals surface area (Å²) in [6.07, 6.45) is 2.31. The molecule has 0 aliphatic rings. The molecule has 56 valence electrons. The Kier molecular flexibility index (Phi) is 6.55. The van der Waals surface area contributed by atoms with Gasteiger partial charge in [0.2, 0.25) is 0 Å². The lowest BCUT2D eigenvalue weighted by Gasteiger charge is -2.04. The molecule has 0 aliphatic carbocycles. The van der Waals surface area contributed by atoms with Crippen LogP contribution in [-0.4, -0.2) is 19.6 Å². The predicted molar refractivity (Wildman–Crippen MR) is 41.0 cm³/mol. The van der Waals surface area contributed by atoms with Crippen LogP contribution in [0.3, 0.4) is 0 Å². The molecule has 0 radical (unpaired) electrons. The van der Waals surface area contributed by atoms with Crippen molar-refractivity contribution in [1.29, 1.82) is 0 Å². The van der Waals surface area contributed by atoms with Crippen LogP contribution < -0.4 is 0 Å². The van der Waals surface area contributed by atoms with Gasteiger partial charge in [-0.25, -0.2) is 0 Å². The van der Waals surface area contributed by atoms with Gasteiger partial charge in [0.05, 0.1) is 0 Å². The van der Waals surface area contributed by atoms with Gasteiger partial charge in [-0.3, -0.25) is 0 Å². The largest absolute Gasteiger partial charge is 0.385 e. The third-order valence-corrected chi connectivity index (χ3v) is 1.84. The summed E-state index contributed by atoms with van der Waals surface area (Å²) in [5, 5.41) is 0. The molecule has 0 aromatic heterocycles. The van der Waals surface area contributed by atoms with Gasteiger partial charge in [-0.2, -0.15) is 0 Å². The second-order valence-corrected chi connectivity index (χ2v) is 2.70. The standard InChI is InChI=1S/C7H15ClO/c1-7(6-8)4-3-5-9-2/h7H,3-6H2,1-2H3. The van der Waals surface area contributed by atoms with Gasteiger partial charge in [-0.05, 0) is 18.8 Å². The Balaban J connectivity index is 2.88. The normalized spacial score (nSPS) is 13.7. The molecule has 0 rings (SSSR count). The van der Waals surface area contributed by atoms with Crippen LogP contribution in [-0.2, 0) is 4.74 Å². The van der Waals surface area contributed by atoms with Crippen LogP contribution in [0.25, 0.3) is 0 Å². The maximum atomic E-state index is 5.59. The Labute approximate surface area is 62.3 Å². The van der Waals surface area contributed by atoms with E-state index in [2.05, 4.69) is 6.92 Å². The van der Waals surface area contributed by atoms with E-state index in [1.54, 1.807) is 7.11 Å². The molecule has 0 bridgehead atoms. The lowest BCUT2D eigenvalue weighted by atomic mass is 10.1. The Bertz CT molecular complexity index is 56.9. The molecule has 0 saturated heterocycles. The van der Waals surface area contributed by atoms with Crippen molar-refractivity contribution >= 4 is 11.6 Å². The first kappa shape index (κ1) is 9.25. The summed E-state index contributed by atoms with van der Waals surface area (Å²) in [4.78, 5) is 0. The average molecular weight is 151 g/mol. The van der Waals surface area contributed by atoms with E-state index in [1.165, 1.54) is 6.42 Å². The second-order valence-electron chi connectivity index (χ2n) is 2.39. The van der Waals surface area contributed by atoms with Gasteiger partial charge >= 0.3 is 0 Å². The van der Waals surface area contributed by atoms with Crippen molar-refractivity contribution in [1.82, 2.24) is 0 Å². The fourth-order valence-corrected chi connectivity index (χ4v) is 0.808. The summed E-state index contributed by atoms with van der Waals surface area (Å²) >= 11 is 5.59. The van der Waals surface area contributed by atoms with E-state index in [0.717, 1.165) is 18.9 Å². The van der Waals surface area contributed by atoms with Crippen molar-refractivity contribution in [3.8, 4) is 0 Å². The third kappa shape index (κ3) is 6.13. The van der Waals surface area contributed by atoms with Crippen LogP contribution in [0, 0.1) is 5.92 Å². The molecule has 1 nitrogen and oxygen atoms in total. The molecular weight excluding hydrogens is 136 g/mol. The summed E-state index contributed by atoms with van der Waals surface area (Å²) in [6.45, 7) is 3.02. The van der Waals surface area contributed by atoms with Crippen molar-refractivity contribution in [3.05, 3.63) is 0 Å². The van der Waals surface area contributed by atoms with E-state index in [1.807, 2.05) is 0 Å². The summed E-state index contributed by atoms with van der Waals surface area (Å²) < 4.78 is 4.89. The van der Waals surface area contributed by atoms with Gasteiger partial charge in [-0.15, -0.1) is 11.6 Å². The minimum absolute atomic E-state index is 0.641. The van der Waals surface area contributed by atoms with Gasteiger partial charge in [0.1, 0.15) is 0 Å². The quantitative estimate of drug-likeness (QED) is 0.432. The zero-order valence-corrected chi connectivity index (χ0v) is 6.95. The van der Waals surface area contributed by atoms with Crippen LogP contribution in [0.2, 0.25) is 0 Å². The van der Waals surface area contributed by atoms with E-state index in [9.17, 15) is 0 Å². The Morgan fingerprint density at radius 2 is 2.22 bits per heavy atom.